The van der Waals surface area contributed by atoms with Gasteiger partial charge in [0.2, 0.25) is 15.9 Å². The van der Waals surface area contributed by atoms with Gasteiger partial charge in [0.05, 0.1) is 29.8 Å². The number of β-amino-alcohol motifs (C(OH)–C–C–N with tert-alkyl or cyclic N) is 1. The summed E-state index contributed by atoms with van der Waals surface area (Å²) in [4.78, 5) is 17.3. The molecule has 0 aromatic heterocycles. The highest BCUT2D eigenvalue weighted by molar-refractivity contribution is 7.88. The molecule has 3 aliphatic rings. The van der Waals surface area contributed by atoms with Crippen LogP contribution >= 0.6 is 11.6 Å². The van der Waals surface area contributed by atoms with Gasteiger partial charge in [-0.15, -0.1) is 0 Å². The number of hydrogen-bond acceptors (Lipinski definition) is 5. The predicted octanol–water partition coefficient (Wildman–Crippen LogP) is 1.48. The van der Waals surface area contributed by atoms with Gasteiger partial charge in [0, 0.05) is 38.3 Å². The molecule has 1 aromatic rings. The van der Waals surface area contributed by atoms with Crippen molar-refractivity contribution in [1.29, 1.82) is 0 Å². The number of amides is 1. The largest absolute Gasteiger partial charge is 0.392 e. The van der Waals surface area contributed by atoms with E-state index in [0.717, 1.165) is 19.4 Å². The molecule has 0 spiro atoms. The number of aliphatic hydroxyl groups is 1. The maximum atomic E-state index is 13.9. The van der Waals surface area contributed by atoms with Gasteiger partial charge in [-0.2, -0.15) is 4.31 Å². The minimum atomic E-state index is -3.41. The van der Waals surface area contributed by atoms with Crippen LogP contribution in [0.4, 0.5) is 4.39 Å². The van der Waals surface area contributed by atoms with Crippen molar-refractivity contribution in [3.05, 3.63) is 34.6 Å². The molecule has 0 unspecified atom stereocenters. The maximum Gasteiger partial charge on any atom is 0.227 e. The smallest absolute Gasteiger partial charge is 0.227 e. The third-order valence-corrected chi connectivity index (χ3v) is 8.44. The summed E-state index contributed by atoms with van der Waals surface area (Å²) in [5, 5.41) is 10.1. The quantitative estimate of drug-likeness (QED) is 0.716. The Labute approximate surface area is 187 Å². The van der Waals surface area contributed by atoms with Crippen LogP contribution in [0.5, 0.6) is 0 Å². The molecule has 10 heteroatoms. The van der Waals surface area contributed by atoms with Crippen molar-refractivity contribution in [2.45, 2.75) is 56.3 Å². The minimum Gasteiger partial charge on any atom is -0.392 e. The van der Waals surface area contributed by atoms with E-state index < -0.39 is 21.9 Å². The second-order valence-corrected chi connectivity index (χ2v) is 11.2. The SMILES string of the molecule is CS(=O)(=O)N1CCN(C(=O)Cc2ccc(Cl)c(F)c2)[C@@H]2[C@@H](N3CC[C@H](O)C3)CCC[C@@H]21. The third kappa shape index (κ3) is 4.75. The van der Waals surface area contributed by atoms with Crippen molar-refractivity contribution in [2.24, 2.45) is 0 Å². The summed E-state index contributed by atoms with van der Waals surface area (Å²) in [5.41, 5.74) is 0.540. The third-order valence-electron chi connectivity index (χ3n) is 6.83. The summed E-state index contributed by atoms with van der Waals surface area (Å²) in [6, 6.07) is 3.78. The van der Waals surface area contributed by atoms with Crippen molar-refractivity contribution in [3.63, 3.8) is 0 Å². The van der Waals surface area contributed by atoms with E-state index in [2.05, 4.69) is 4.90 Å². The van der Waals surface area contributed by atoms with Gasteiger partial charge in [-0.05, 0) is 37.0 Å². The van der Waals surface area contributed by atoms with Gasteiger partial charge in [0.25, 0.3) is 0 Å². The highest BCUT2D eigenvalue weighted by atomic mass is 35.5. The number of halogens is 2. The summed E-state index contributed by atoms with van der Waals surface area (Å²) >= 11 is 5.76. The number of benzene rings is 1. The Morgan fingerprint density at radius 3 is 2.58 bits per heavy atom. The van der Waals surface area contributed by atoms with Crippen LogP contribution in [0.2, 0.25) is 5.02 Å². The van der Waals surface area contributed by atoms with Crippen LogP contribution in [0.3, 0.4) is 0 Å². The Morgan fingerprint density at radius 1 is 1.19 bits per heavy atom. The molecule has 4 atom stereocenters. The number of fused-ring (bicyclic) bond motifs is 1. The van der Waals surface area contributed by atoms with Crippen LogP contribution in [0, 0.1) is 5.82 Å². The molecule has 1 amide bonds. The van der Waals surface area contributed by atoms with Crippen LogP contribution in [0.25, 0.3) is 0 Å². The normalized spacial score (nSPS) is 30.4. The molecule has 0 bridgehead atoms. The van der Waals surface area contributed by atoms with Crippen LogP contribution in [0.15, 0.2) is 18.2 Å². The topological polar surface area (TPSA) is 81.2 Å². The summed E-state index contributed by atoms with van der Waals surface area (Å²) in [5.74, 6) is -0.704. The van der Waals surface area contributed by atoms with Gasteiger partial charge in [-0.3, -0.25) is 9.69 Å². The van der Waals surface area contributed by atoms with Crippen molar-refractivity contribution in [3.8, 4) is 0 Å². The van der Waals surface area contributed by atoms with Gasteiger partial charge in [-0.1, -0.05) is 24.1 Å². The van der Waals surface area contributed by atoms with Crippen molar-refractivity contribution in [1.82, 2.24) is 14.1 Å². The van der Waals surface area contributed by atoms with E-state index in [0.29, 0.717) is 31.5 Å². The zero-order valence-electron chi connectivity index (χ0n) is 17.6. The van der Waals surface area contributed by atoms with Crippen molar-refractivity contribution >= 4 is 27.5 Å². The number of hydrogen-bond donors (Lipinski definition) is 1. The van der Waals surface area contributed by atoms with Crippen molar-refractivity contribution in [2.75, 3.05) is 32.4 Å². The Hall–Kier alpha value is -1.26. The zero-order chi connectivity index (χ0) is 22.3. The highest BCUT2D eigenvalue weighted by Gasteiger charge is 2.49. The van der Waals surface area contributed by atoms with E-state index in [1.165, 1.54) is 18.4 Å². The molecular formula is C21H29ClFN3O4S. The van der Waals surface area contributed by atoms with Gasteiger partial charge in [0.15, 0.2) is 0 Å². The fourth-order valence-electron chi connectivity index (χ4n) is 5.48. The Kier molecular flexibility index (Phi) is 6.61. The summed E-state index contributed by atoms with van der Waals surface area (Å²) in [6.07, 6.45) is 3.97. The summed E-state index contributed by atoms with van der Waals surface area (Å²) in [6.45, 7) is 1.83. The zero-order valence-corrected chi connectivity index (χ0v) is 19.2. The first kappa shape index (κ1) is 22.9. The van der Waals surface area contributed by atoms with E-state index in [1.54, 1.807) is 15.3 Å². The standard InChI is InChI=1S/C21H29ClFN3O4S/c1-31(29,30)26-10-9-25(20(28)12-14-5-6-16(22)17(23)11-14)21-18(3-2-4-19(21)26)24-8-7-15(27)13-24/h5-6,11,15,18-19,21,27H,2-4,7-10,12-13H2,1H3/t15-,18-,19-,21+/m0/s1. The van der Waals surface area contributed by atoms with Crippen LogP contribution in [-0.2, 0) is 21.2 Å². The van der Waals surface area contributed by atoms with Crippen LogP contribution in [-0.4, -0.2) is 90.2 Å². The molecule has 31 heavy (non-hydrogen) atoms. The molecule has 4 rings (SSSR count). The number of aliphatic hydroxyl groups excluding tert-OH is 1. The fraction of sp³-hybridized carbons (Fsp3) is 0.667. The lowest BCUT2D eigenvalue weighted by atomic mass is 9.82. The lowest BCUT2D eigenvalue weighted by Crippen LogP contribution is -2.69. The molecular weight excluding hydrogens is 445 g/mol. The molecule has 1 aromatic carbocycles. The molecule has 1 N–H and O–H groups in total. The monoisotopic (exact) mass is 473 g/mol. The van der Waals surface area contributed by atoms with Gasteiger partial charge >= 0.3 is 0 Å². The minimum absolute atomic E-state index is 0.00801. The first-order valence-corrected chi connectivity index (χ1v) is 13.0. The maximum absolute atomic E-state index is 13.9. The first-order valence-electron chi connectivity index (χ1n) is 10.8. The first-order chi connectivity index (χ1) is 14.6. The van der Waals surface area contributed by atoms with Gasteiger partial charge < -0.3 is 10.0 Å². The summed E-state index contributed by atoms with van der Waals surface area (Å²) < 4.78 is 40.4. The molecule has 1 saturated carbocycles. The number of sulfonamides is 1. The summed E-state index contributed by atoms with van der Waals surface area (Å²) in [7, 11) is -3.41. The lowest BCUT2D eigenvalue weighted by molar-refractivity contribution is -0.140. The lowest BCUT2D eigenvalue weighted by Gasteiger charge is -2.53. The molecule has 3 fully saturated rings. The number of carbonyl (C=O) groups is 1. The molecule has 172 valence electrons. The van der Waals surface area contributed by atoms with E-state index in [9.17, 15) is 22.7 Å². The second-order valence-electron chi connectivity index (χ2n) is 8.88. The number of piperazine rings is 1. The number of carbonyl (C=O) groups excluding carboxylic acids is 1. The Morgan fingerprint density at radius 2 is 1.94 bits per heavy atom. The van der Waals surface area contributed by atoms with E-state index in [1.807, 2.05) is 0 Å². The average molecular weight is 474 g/mol. The van der Waals surface area contributed by atoms with Gasteiger partial charge in [-0.25, -0.2) is 12.8 Å². The van der Waals surface area contributed by atoms with E-state index in [4.69, 9.17) is 11.6 Å². The second kappa shape index (κ2) is 8.94. The number of nitrogens with zero attached hydrogens (tertiary/aromatic N) is 3. The predicted molar refractivity (Wildman–Crippen MR) is 116 cm³/mol. The molecule has 2 heterocycles. The highest BCUT2D eigenvalue weighted by Crippen LogP contribution is 2.36. The average Bonchev–Trinajstić information content (AvgIpc) is 3.14. The van der Waals surface area contributed by atoms with Crippen molar-refractivity contribution < 1.29 is 22.7 Å². The van der Waals surface area contributed by atoms with Crippen LogP contribution in [0.1, 0.15) is 31.2 Å². The van der Waals surface area contributed by atoms with E-state index >= 15 is 0 Å². The fourth-order valence-corrected chi connectivity index (χ4v) is 6.73. The Balaban J connectivity index is 1.62. The molecule has 2 aliphatic heterocycles. The molecule has 2 saturated heterocycles. The molecule has 1 aliphatic carbocycles. The molecule has 0 radical (unpaired) electrons. The van der Waals surface area contributed by atoms with E-state index in [-0.39, 0.29) is 42.0 Å². The van der Waals surface area contributed by atoms with Gasteiger partial charge in [0.1, 0.15) is 5.82 Å². The number of likely N-dealkylation sites (tertiary alicyclic amines) is 1. The Bertz CT molecular complexity index is 947. The molecule has 7 nitrogen and oxygen atoms in total. The number of rotatable bonds is 4. The van der Waals surface area contributed by atoms with Crippen LogP contribution < -0.4 is 0 Å².